The molecule has 0 aliphatic heterocycles. The van der Waals surface area contributed by atoms with E-state index in [4.69, 9.17) is 0 Å². The van der Waals surface area contributed by atoms with Crippen molar-refractivity contribution in [1.82, 2.24) is 0 Å². The Bertz CT molecular complexity index is 3110. The highest BCUT2D eigenvalue weighted by molar-refractivity contribution is 6.02. The van der Waals surface area contributed by atoms with E-state index in [2.05, 4.69) is 0 Å². The largest absolute Gasteiger partial charge is 0.0496 e. The van der Waals surface area contributed by atoms with Gasteiger partial charge in [-0.25, -0.2) is 0 Å². The van der Waals surface area contributed by atoms with Gasteiger partial charge < -0.3 is 0 Å². The molecule has 0 aromatic carbocycles. The molecule has 0 radical (unpaired) electrons. The minimum absolute atomic E-state index is 1.04. The van der Waals surface area contributed by atoms with Gasteiger partial charge in [-0.05, 0) is 301 Å². The first kappa shape index (κ1) is 18.7. The molecule has 20 spiro atoms. The second-order valence-electron chi connectivity index (χ2n) is 32.5. The molecule has 35 saturated carbocycles. The maximum absolute atomic E-state index is 1.84. The third kappa shape index (κ3) is 0.471. The van der Waals surface area contributed by atoms with Crippen molar-refractivity contribution in [2.45, 2.75) is 38.5 Å². The Kier molecular flexibility index (Phi) is 1.10. The van der Waals surface area contributed by atoms with Gasteiger partial charge in [0.2, 0.25) is 0 Å². The van der Waals surface area contributed by atoms with Crippen molar-refractivity contribution in [3.8, 4) is 0 Å². The molecule has 0 N–H and O–H groups in total. The number of hydrogen-bond donors (Lipinski definition) is 0. The fraction of sp³-hybridized carbons (Fsp3) is 1.00. The summed E-state index contributed by atoms with van der Waals surface area (Å²) >= 11 is 0. The maximum Gasteiger partial charge on any atom is -0.00502 e. The standard InChI is InChI=1S/C52H38/c1-2-9-7(1)8-3-10-11-4-14-18-22-26-31-32-28-24-20-16-6-13-12-5-15-19-23-27-30-29-25-21-17(8)37-33(9,10)34(11,14)38(18,37)42(22)41(21,37)45(25)46(26,42)51(31)49(29,45)50(30)47(27)43(23)39(19)35(12,15)36(13,16)40(20,39)44(24,43)48(28,47)52(32,50)51/h7-32H,1-6H2. The predicted octanol–water partition coefficient (Wildman–Crippen LogP) is 5.54. The lowest BCUT2D eigenvalue weighted by molar-refractivity contribution is -1.12. The summed E-state index contributed by atoms with van der Waals surface area (Å²) in [6.07, 6.45) is 10.8. The molecular weight excluding hydrogens is 625 g/mol. The quantitative estimate of drug-likeness (QED) is 0.320. The summed E-state index contributed by atoms with van der Waals surface area (Å²) < 4.78 is 0. The van der Waals surface area contributed by atoms with Crippen LogP contribution in [-0.2, 0) is 0 Å². The van der Waals surface area contributed by atoms with Gasteiger partial charge in [0.05, 0.1) is 0 Å². The highest BCUT2D eigenvalue weighted by Crippen LogP contribution is 3.59. The van der Waals surface area contributed by atoms with E-state index in [1.54, 1.807) is 12.8 Å². The summed E-state index contributed by atoms with van der Waals surface area (Å²) in [7, 11) is 0. The van der Waals surface area contributed by atoms with Gasteiger partial charge in [0.15, 0.2) is 0 Å². The van der Waals surface area contributed by atoms with Crippen molar-refractivity contribution in [3.63, 3.8) is 0 Å². The molecule has 52 heavy (non-hydrogen) atoms. The van der Waals surface area contributed by atoms with Crippen molar-refractivity contribution < 1.29 is 0 Å². The molecule has 0 aromatic heterocycles. The van der Waals surface area contributed by atoms with Gasteiger partial charge >= 0.3 is 0 Å². The molecule has 0 heteroatoms. The van der Waals surface area contributed by atoms with Crippen LogP contribution in [0, 0.1) is 262 Å². The van der Waals surface area contributed by atoms with Gasteiger partial charge in [-0.2, -0.15) is 0 Å². The van der Waals surface area contributed by atoms with E-state index in [-0.39, 0.29) is 0 Å². The first-order valence-electron chi connectivity index (χ1n) is 25.8. The molecular formula is C52H38. The highest BCUT2D eigenvalue weighted by Gasteiger charge is 3.58. The lowest BCUT2D eigenvalue weighted by atomic mass is 8.46. The van der Waals surface area contributed by atoms with Gasteiger partial charge in [-0.1, -0.05) is 0 Å². The molecule has 0 nitrogen and oxygen atoms in total. The number of rotatable bonds is 0. The van der Waals surface area contributed by atoms with Gasteiger partial charge in [0.1, 0.15) is 0 Å². The molecule has 46 atom stereocenters. The summed E-state index contributed by atoms with van der Waals surface area (Å²) in [4.78, 5) is 0. The highest BCUT2D eigenvalue weighted by atomic mass is 15.6. The zero-order valence-corrected chi connectivity index (χ0v) is 29.3. The smallest absolute Gasteiger partial charge is 0.00502 e. The Morgan fingerprint density at radius 3 is 0.846 bits per heavy atom. The first-order chi connectivity index (χ1) is 25.8. The second kappa shape index (κ2) is 3.06. The van der Waals surface area contributed by atoms with E-state index in [0.717, 1.165) is 108 Å². The third-order valence-electron chi connectivity index (χ3n) is 42.4. The zero-order valence-electron chi connectivity index (χ0n) is 29.3. The fourth-order valence-corrected chi connectivity index (χ4v) is 52.3. The van der Waals surface area contributed by atoms with Crippen LogP contribution < -0.4 is 0 Å². The Morgan fingerprint density at radius 2 is 0.481 bits per heavy atom. The van der Waals surface area contributed by atoms with E-state index < -0.39 is 0 Å². The normalized spacial score (nSPS) is 131. The van der Waals surface area contributed by atoms with Crippen LogP contribution in [0.4, 0.5) is 0 Å². The Hall–Kier alpha value is 0. The second-order valence-corrected chi connectivity index (χ2v) is 32.5. The molecule has 35 fully saturated rings. The minimum Gasteiger partial charge on any atom is -0.0496 e. The summed E-state index contributed by atoms with van der Waals surface area (Å²) in [6.45, 7) is 0. The maximum atomic E-state index is 1.84. The molecule has 246 valence electrons. The summed E-state index contributed by atoms with van der Waals surface area (Å²) in [5.41, 5.74) is 22.1. The lowest BCUT2D eigenvalue weighted by Gasteiger charge is -3.56. The van der Waals surface area contributed by atoms with E-state index in [1.807, 2.05) is 25.7 Å². The summed E-state index contributed by atoms with van der Waals surface area (Å²) in [6, 6.07) is 0. The van der Waals surface area contributed by atoms with Crippen molar-refractivity contribution >= 4 is 0 Å². The SMILES string of the molecule is C1CC2C1C1CC3C4CC5C6C7C8C9C%10C%11C%12C%13C%14CC%15C%16CC%17C%18C%19C%20C%21C%22C%23C%24C1C1%25C23C45C61C71C%24%25C%232C81C91C%222C%212C%203C%194C%185C%16%17C%15%14C%135C%124C%113C%1021. The van der Waals surface area contributed by atoms with Crippen molar-refractivity contribution in [2.24, 2.45) is 262 Å². The fourth-order valence-electron chi connectivity index (χ4n) is 52.3. The van der Waals surface area contributed by atoms with Crippen molar-refractivity contribution in [1.29, 1.82) is 0 Å². The average Bonchev–Trinajstić information content (AvgIpc) is 2.99. The number of fused-ring (bicyclic) bond motifs is 17. The Labute approximate surface area is 299 Å². The molecule has 35 aliphatic carbocycles. The van der Waals surface area contributed by atoms with E-state index >= 15 is 0 Å². The minimum atomic E-state index is 1.04. The van der Waals surface area contributed by atoms with Crippen LogP contribution in [0.2, 0.25) is 0 Å². The van der Waals surface area contributed by atoms with Crippen molar-refractivity contribution in [2.75, 3.05) is 0 Å². The van der Waals surface area contributed by atoms with E-state index in [1.165, 1.54) is 154 Å². The van der Waals surface area contributed by atoms with Crippen LogP contribution in [0.1, 0.15) is 38.5 Å². The van der Waals surface area contributed by atoms with Crippen LogP contribution >= 0.6 is 0 Å². The van der Waals surface area contributed by atoms with Gasteiger partial charge in [-0.15, -0.1) is 0 Å². The topological polar surface area (TPSA) is 0 Å². The van der Waals surface area contributed by atoms with Crippen LogP contribution in [-0.4, -0.2) is 0 Å². The van der Waals surface area contributed by atoms with Crippen molar-refractivity contribution in [3.05, 3.63) is 0 Å². The predicted molar refractivity (Wildman–Crippen MR) is 167 cm³/mol. The van der Waals surface area contributed by atoms with Gasteiger partial charge in [0.25, 0.3) is 0 Å². The third-order valence-corrected chi connectivity index (χ3v) is 42.4. The van der Waals surface area contributed by atoms with Gasteiger partial charge in [0, 0.05) is 0 Å². The summed E-state index contributed by atoms with van der Waals surface area (Å²) in [5, 5.41) is 0. The van der Waals surface area contributed by atoms with E-state index in [0.29, 0.717) is 0 Å². The van der Waals surface area contributed by atoms with Crippen LogP contribution in [0.5, 0.6) is 0 Å². The molecule has 0 amide bonds. The van der Waals surface area contributed by atoms with Gasteiger partial charge in [-0.3, -0.25) is 0 Å². The van der Waals surface area contributed by atoms with Crippen LogP contribution in [0.25, 0.3) is 0 Å². The van der Waals surface area contributed by atoms with E-state index in [9.17, 15) is 0 Å². The molecule has 0 saturated heterocycles. The molecule has 2 bridgehead atoms. The van der Waals surface area contributed by atoms with Crippen LogP contribution in [0.15, 0.2) is 0 Å². The van der Waals surface area contributed by atoms with Crippen LogP contribution in [0.3, 0.4) is 0 Å². The average molecular weight is 663 g/mol. The molecule has 46 unspecified atom stereocenters. The first-order valence-corrected chi connectivity index (χ1v) is 25.8. The zero-order chi connectivity index (χ0) is 29.3. The Morgan fingerprint density at radius 1 is 0.192 bits per heavy atom. The lowest BCUT2D eigenvalue weighted by Crippen LogP contribution is -3.55. The molecule has 0 heterocycles. The molecule has 35 rings (SSSR count). The number of hydrogen-bond acceptors (Lipinski definition) is 0. The molecule has 35 aliphatic rings. The Balaban J connectivity index is 0.758. The molecule has 0 aromatic rings. The summed E-state index contributed by atoms with van der Waals surface area (Å²) in [5.74, 6) is 35.8. The monoisotopic (exact) mass is 662 g/mol.